The molecular weight excluding hydrogens is 404 g/mol. The molecule has 4 aromatic rings. The molecule has 0 aliphatic carbocycles. The number of nitrogens with zero attached hydrogens (tertiary/aromatic N) is 2. The molecule has 1 aliphatic rings. The fourth-order valence-corrected chi connectivity index (χ4v) is 4.09. The number of anilines is 1. The number of Topliss-reactive ketones (excluding diaryl/α,β-unsaturated/α-hetero) is 1. The molecule has 3 aromatic carbocycles. The normalized spacial score (nSPS) is 17.9. The number of carbonyl (C=O) groups is 2. The van der Waals surface area contributed by atoms with Crippen LogP contribution in [0.25, 0.3) is 16.5 Å². The van der Waals surface area contributed by atoms with Gasteiger partial charge in [0, 0.05) is 11.6 Å². The van der Waals surface area contributed by atoms with E-state index in [2.05, 4.69) is 5.16 Å². The lowest BCUT2D eigenvalue weighted by atomic mass is 9.94. The summed E-state index contributed by atoms with van der Waals surface area (Å²) in [4.78, 5) is 27.5. The van der Waals surface area contributed by atoms with Gasteiger partial charge < -0.3 is 9.63 Å². The zero-order valence-corrected chi connectivity index (χ0v) is 17.6. The second-order valence-corrected chi connectivity index (χ2v) is 7.94. The monoisotopic (exact) mass is 424 g/mol. The van der Waals surface area contributed by atoms with Crippen LogP contribution >= 0.6 is 0 Å². The minimum atomic E-state index is -0.827. The highest BCUT2D eigenvalue weighted by Gasteiger charge is 2.48. The second kappa shape index (κ2) is 7.50. The van der Waals surface area contributed by atoms with Crippen LogP contribution in [-0.2, 0) is 9.59 Å². The molecule has 5 rings (SSSR count). The number of rotatable bonds is 3. The Hall–Kier alpha value is -4.19. The number of aryl methyl sites for hydroxylation is 2. The Kier molecular flexibility index (Phi) is 4.63. The van der Waals surface area contributed by atoms with Gasteiger partial charge in [-0.2, -0.15) is 0 Å². The van der Waals surface area contributed by atoms with Crippen molar-refractivity contribution in [3.8, 4) is 0 Å². The lowest BCUT2D eigenvalue weighted by Crippen LogP contribution is -2.29. The molecule has 1 saturated heterocycles. The average Bonchev–Trinajstić information content (AvgIpc) is 3.34. The summed E-state index contributed by atoms with van der Waals surface area (Å²) in [7, 11) is 0. The van der Waals surface area contributed by atoms with Crippen LogP contribution in [0, 0.1) is 13.8 Å². The fourth-order valence-electron chi connectivity index (χ4n) is 4.09. The van der Waals surface area contributed by atoms with Crippen molar-refractivity contribution < 1.29 is 19.2 Å². The summed E-state index contributed by atoms with van der Waals surface area (Å²) in [6.45, 7) is 3.67. The SMILES string of the molecule is Cc1ccc([C@H]2C(=C(O)c3ccc4ccccc4c3)C(=O)C(=O)N2c2cc(C)on2)cc1. The van der Waals surface area contributed by atoms with Gasteiger partial charge in [-0.15, -0.1) is 0 Å². The van der Waals surface area contributed by atoms with E-state index in [1.807, 2.05) is 67.6 Å². The fraction of sp³-hybridized carbons (Fsp3) is 0.115. The van der Waals surface area contributed by atoms with Gasteiger partial charge in [-0.05, 0) is 36.2 Å². The molecule has 2 heterocycles. The Balaban J connectivity index is 1.72. The molecule has 1 fully saturated rings. The van der Waals surface area contributed by atoms with Crippen LogP contribution in [0.4, 0.5) is 5.82 Å². The van der Waals surface area contributed by atoms with E-state index in [1.54, 1.807) is 19.1 Å². The lowest BCUT2D eigenvalue weighted by molar-refractivity contribution is -0.132. The number of aliphatic hydroxyl groups is 1. The largest absolute Gasteiger partial charge is 0.507 e. The number of hydrogen-bond acceptors (Lipinski definition) is 5. The minimum absolute atomic E-state index is 0.0230. The van der Waals surface area contributed by atoms with Crippen molar-refractivity contribution >= 4 is 34.0 Å². The summed E-state index contributed by atoms with van der Waals surface area (Å²) >= 11 is 0. The summed E-state index contributed by atoms with van der Waals surface area (Å²) in [5, 5.41) is 17.2. The van der Waals surface area contributed by atoms with Crippen LogP contribution in [-0.4, -0.2) is 22.0 Å². The molecule has 1 aliphatic heterocycles. The van der Waals surface area contributed by atoms with Crippen LogP contribution in [0.3, 0.4) is 0 Å². The maximum absolute atomic E-state index is 13.2. The number of fused-ring (bicyclic) bond motifs is 1. The number of ketones is 1. The van der Waals surface area contributed by atoms with E-state index in [4.69, 9.17) is 4.52 Å². The van der Waals surface area contributed by atoms with Crippen molar-refractivity contribution in [2.75, 3.05) is 4.90 Å². The van der Waals surface area contributed by atoms with E-state index in [-0.39, 0.29) is 17.2 Å². The van der Waals surface area contributed by atoms with Crippen molar-refractivity contribution in [1.82, 2.24) is 5.16 Å². The topological polar surface area (TPSA) is 83.6 Å². The molecule has 6 nitrogen and oxygen atoms in total. The quantitative estimate of drug-likeness (QED) is 0.282. The molecule has 0 saturated carbocycles. The predicted molar refractivity (Wildman–Crippen MR) is 121 cm³/mol. The van der Waals surface area contributed by atoms with E-state index in [9.17, 15) is 14.7 Å². The van der Waals surface area contributed by atoms with Crippen LogP contribution in [0.1, 0.15) is 28.5 Å². The predicted octanol–water partition coefficient (Wildman–Crippen LogP) is 5.07. The van der Waals surface area contributed by atoms with Gasteiger partial charge in [-0.25, -0.2) is 0 Å². The number of benzene rings is 3. The zero-order valence-electron chi connectivity index (χ0n) is 17.6. The molecule has 32 heavy (non-hydrogen) atoms. The maximum atomic E-state index is 13.2. The van der Waals surface area contributed by atoms with Crippen LogP contribution in [0.5, 0.6) is 0 Å². The van der Waals surface area contributed by atoms with Crippen LogP contribution < -0.4 is 4.90 Å². The van der Waals surface area contributed by atoms with Crippen molar-refractivity contribution in [3.05, 3.63) is 101 Å². The van der Waals surface area contributed by atoms with E-state index < -0.39 is 17.7 Å². The number of amides is 1. The van der Waals surface area contributed by atoms with E-state index >= 15 is 0 Å². The van der Waals surface area contributed by atoms with Gasteiger partial charge in [0.25, 0.3) is 5.78 Å². The first-order valence-electron chi connectivity index (χ1n) is 10.2. The highest BCUT2D eigenvalue weighted by atomic mass is 16.5. The third-order valence-electron chi connectivity index (χ3n) is 5.72. The molecule has 1 amide bonds. The molecule has 0 unspecified atom stereocenters. The standard InChI is InChI=1S/C26H20N2O4/c1-15-7-9-18(10-8-15)23-22(25(30)26(31)28(23)21-13-16(2)32-27-21)24(29)20-12-11-17-5-3-4-6-19(17)14-20/h3-14,23,29H,1-2H3/t23-/m0/s1. The summed E-state index contributed by atoms with van der Waals surface area (Å²) < 4.78 is 5.16. The first kappa shape index (κ1) is 19.8. The second-order valence-electron chi connectivity index (χ2n) is 7.94. The van der Waals surface area contributed by atoms with E-state index in [0.717, 1.165) is 16.3 Å². The zero-order chi connectivity index (χ0) is 22.4. The smallest absolute Gasteiger partial charge is 0.301 e. The van der Waals surface area contributed by atoms with Crippen molar-refractivity contribution in [2.24, 2.45) is 0 Å². The number of hydrogen-bond donors (Lipinski definition) is 1. The molecule has 158 valence electrons. The Morgan fingerprint density at radius 2 is 1.66 bits per heavy atom. The van der Waals surface area contributed by atoms with E-state index in [0.29, 0.717) is 16.9 Å². The molecule has 6 heteroatoms. The van der Waals surface area contributed by atoms with Gasteiger partial charge in [0.1, 0.15) is 11.5 Å². The highest BCUT2D eigenvalue weighted by molar-refractivity contribution is 6.51. The first-order valence-corrected chi connectivity index (χ1v) is 10.2. The third-order valence-corrected chi connectivity index (χ3v) is 5.72. The van der Waals surface area contributed by atoms with Gasteiger partial charge >= 0.3 is 5.91 Å². The third kappa shape index (κ3) is 3.17. The number of aliphatic hydroxyl groups excluding tert-OH is 1. The van der Waals surface area contributed by atoms with Gasteiger partial charge in [0.15, 0.2) is 5.82 Å². The maximum Gasteiger partial charge on any atom is 0.301 e. The van der Waals surface area contributed by atoms with Crippen molar-refractivity contribution in [3.63, 3.8) is 0 Å². The van der Waals surface area contributed by atoms with Gasteiger partial charge in [0.05, 0.1) is 11.6 Å². The minimum Gasteiger partial charge on any atom is -0.507 e. The molecule has 0 spiro atoms. The van der Waals surface area contributed by atoms with Crippen molar-refractivity contribution in [1.29, 1.82) is 0 Å². The molecular formula is C26H20N2O4. The lowest BCUT2D eigenvalue weighted by Gasteiger charge is -2.23. The number of aromatic nitrogens is 1. The number of carbonyl (C=O) groups excluding carboxylic acids is 2. The Morgan fingerprint density at radius 1 is 0.938 bits per heavy atom. The van der Waals surface area contributed by atoms with Crippen LogP contribution in [0.2, 0.25) is 0 Å². The van der Waals surface area contributed by atoms with Crippen molar-refractivity contribution in [2.45, 2.75) is 19.9 Å². The van der Waals surface area contributed by atoms with Gasteiger partial charge in [0.2, 0.25) is 0 Å². The molecule has 1 atom stereocenters. The summed E-state index contributed by atoms with van der Waals surface area (Å²) in [5.74, 6) is -0.998. The summed E-state index contributed by atoms with van der Waals surface area (Å²) in [6, 6.07) is 21.4. The molecule has 0 bridgehead atoms. The van der Waals surface area contributed by atoms with Gasteiger partial charge in [-0.3, -0.25) is 14.5 Å². The highest BCUT2D eigenvalue weighted by Crippen LogP contribution is 2.42. The summed E-state index contributed by atoms with van der Waals surface area (Å²) in [6.07, 6.45) is 0. The van der Waals surface area contributed by atoms with E-state index in [1.165, 1.54) is 4.90 Å². The molecule has 1 N–H and O–H groups in total. The molecule has 1 aromatic heterocycles. The first-order chi connectivity index (χ1) is 15.4. The average molecular weight is 424 g/mol. The Labute approximate surface area is 184 Å². The molecule has 0 radical (unpaired) electrons. The van der Waals surface area contributed by atoms with Crippen LogP contribution in [0.15, 0.2) is 82.9 Å². The summed E-state index contributed by atoms with van der Waals surface area (Å²) in [5.41, 5.74) is 2.22. The Bertz CT molecular complexity index is 1400. The Morgan fingerprint density at radius 3 is 2.34 bits per heavy atom. The van der Waals surface area contributed by atoms with Gasteiger partial charge in [-0.1, -0.05) is 71.4 Å².